The van der Waals surface area contributed by atoms with Gasteiger partial charge in [0.05, 0.1) is 11.8 Å². The third kappa shape index (κ3) is 4.37. The zero-order valence-corrected chi connectivity index (χ0v) is 12.3. The Labute approximate surface area is 130 Å². The largest absolute Gasteiger partial charge is 0.573 e. The van der Waals surface area contributed by atoms with Gasteiger partial charge in [0.25, 0.3) is 0 Å². The molecule has 1 N–H and O–H groups in total. The highest BCUT2D eigenvalue weighted by atomic mass is 19.4. The van der Waals surface area contributed by atoms with Crippen LogP contribution in [0.4, 0.5) is 13.2 Å². The number of halogens is 3. The van der Waals surface area contributed by atoms with E-state index in [0.717, 1.165) is 0 Å². The van der Waals surface area contributed by atoms with Crippen molar-refractivity contribution in [3.8, 4) is 5.75 Å². The molecule has 0 saturated heterocycles. The van der Waals surface area contributed by atoms with Crippen LogP contribution in [0.1, 0.15) is 18.4 Å². The van der Waals surface area contributed by atoms with E-state index in [9.17, 15) is 22.8 Å². The second-order valence-electron chi connectivity index (χ2n) is 5.51. The van der Waals surface area contributed by atoms with Crippen LogP contribution in [0.25, 0.3) is 0 Å². The van der Waals surface area contributed by atoms with Crippen molar-refractivity contribution in [1.29, 1.82) is 0 Å². The Morgan fingerprint density at radius 2 is 1.78 bits per heavy atom. The summed E-state index contributed by atoms with van der Waals surface area (Å²) in [6.07, 6.45) is -3.72. The Bertz CT molecular complexity index is 585. The molecular weight excluding hydrogens is 315 g/mol. The molecule has 0 spiro atoms. The molecule has 0 bridgehead atoms. The Balaban J connectivity index is 1.93. The average Bonchev–Trinajstić information content (AvgIpc) is 2.37. The van der Waals surface area contributed by atoms with Crippen molar-refractivity contribution in [2.75, 3.05) is 7.05 Å². The van der Waals surface area contributed by atoms with Crippen LogP contribution >= 0.6 is 0 Å². The predicted octanol–water partition coefficient (Wildman–Crippen LogP) is 2.65. The van der Waals surface area contributed by atoms with Crippen LogP contribution in [0.5, 0.6) is 5.75 Å². The number of carboxylic acid groups (broad SMARTS) is 1. The van der Waals surface area contributed by atoms with Crippen LogP contribution in [-0.4, -0.2) is 35.3 Å². The Hall–Kier alpha value is -2.25. The van der Waals surface area contributed by atoms with Gasteiger partial charge in [-0.25, -0.2) is 0 Å². The Morgan fingerprint density at radius 3 is 2.22 bits per heavy atom. The summed E-state index contributed by atoms with van der Waals surface area (Å²) in [5.74, 6) is -2.74. The first-order valence-corrected chi connectivity index (χ1v) is 7.00. The Kier molecular flexibility index (Phi) is 4.82. The van der Waals surface area contributed by atoms with E-state index in [4.69, 9.17) is 5.11 Å². The molecule has 2 rings (SSSR count). The zero-order valence-electron chi connectivity index (χ0n) is 12.3. The van der Waals surface area contributed by atoms with Crippen LogP contribution in [0, 0.1) is 11.8 Å². The van der Waals surface area contributed by atoms with Gasteiger partial charge in [-0.15, -0.1) is 13.2 Å². The number of hydrogen-bond donors (Lipinski definition) is 1. The van der Waals surface area contributed by atoms with E-state index in [1.54, 1.807) is 7.05 Å². The van der Waals surface area contributed by atoms with Gasteiger partial charge in [-0.1, -0.05) is 12.1 Å². The van der Waals surface area contributed by atoms with E-state index in [1.165, 1.54) is 29.2 Å². The highest BCUT2D eigenvalue weighted by molar-refractivity contribution is 5.86. The lowest BCUT2D eigenvalue weighted by Gasteiger charge is -2.35. The number of carbonyl (C=O) groups excluding carboxylic acids is 1. The van der Waals surface area contributed by atoms with Gasteiger partial charge in [-0.3, -0.25) is 9.59 Å². The number of ether oxygens (including phenoxy) is 1. The number of nitrogens with zero attached hydrogens (tertiary/aromatic N) is 1. The average molecular weight is 331 g/mol. The van der Waals surface area contributed by atoms with Crippen LogP contribution in [0.3, 0.4) is 0 Å². The summed E-state index contributed by atoms with van der Waals surface area (Å²) < 4.78 is 40.0. The van der Waals surface area contributed by atoms with Gasteiger partial charge in [0.2, 0.25) is 5.91 Å². The first-order chi connectivity index (χ1) is 10.7. The lowest BCUT2D eigenvalue weighted by molar-refractivity contribution is -0.274. The number of benzene rings is 1. The summed E-state index contributed by atoms with van der Waals surface area (Å²) in [4.78, 5) is 24.5. The van der Waals surface area contributed by atoms with Crippen LogP contribution in [0.15, 0.2) is 24.3 Å². The molecule has 23 heavy (non-hydrogen) atoms. The fourth-order valence-corrected chi connectivity index (χ4v) is 2.52. The van der Waals surface area contributed by atoms with Gasteiger partial charge in [0.15, 0.2) is 0 Å². The van der Waals surface area contributed by atoms with Gasteiger partial charge in [0, 0.05) is 13.6 Å². The van der Waals surface area contributed by atoms with Crippen molar-refractivity contribution in [2.45, 2.75) is 25.7 Å². The van der Waals surface area contributed by atoms with Crippen molar-refractivity contribution >= 4 is 11.9 Å². The highest BCUT2D eigenvalue weighted by Gasteiger charge is 2.42. The maximum atomic E-state index is 12.2. The molecule has 1 aromatic rings. The minimum Gasteiger partial charge on any atom is -0.481 e. The molecule has 2 unspecified atom stereocenters. The number of amides is 1. The SMILES string of the molecule is CN(Cc1ccc(OC(F)(F)F)cc1)C(=O)C1CCC1C(=O)O. The fourth-order valence-electron chi connectivity index (χ4n) is 2.52. The number of hydrogen-bond acceptors (Lipinski definition) is 3. The number of carboxylic acids is 1. The minimum absolute atomic E-state index is 0.188. The zero-order chi connectivity index (χ0) is 17.2. The summed E-state index contributed by atoms with van der Waals surface area (Å²) in [7, 11) is 1.54. The molecule has 1 aliphatic carbocycles. The molecule has 0 aromatic heterocycles. The normalized spacial score (nSPS) is 20.5. The summed E-state index contributed by atoms with van der Waals surface area (Å²) >= 11 is 0. The van der Waals surface area contributed by atoms with Crippen LogP contribution < -0.4 is 4.74 Å². The molecule has 1 fully saturated rings. The molecule has 2 atom stereocenters. The van der Waals surface area contributed by atoms with Crippen molar-refractivity contribution in [3.63, 3.8) is 0 Å². The summed E-state index contributed by atoms with van der Waals surface area (Å²) in [5, 5.41) is 8.97. The highest BCUT2D eigenvalue weighted by Crippen LogP contribution is 2.36. The van der Waals surface area contributed by atoms with Crippen LogP contribution in [-0.2, 0) is 16.1 Å². The summed E-state index contributed by atoms with van der Waals surface area (Å²) in [5.41, 5.74) is 0.626. The van der Waals surface area contributed by atoms with Gasteiger partial charge in [-0.05, 0) is 30.5 Å². The summed E-state index contributed by atoms with van der Waals surface area (Å²) in [6, 6.07) is 5.20. The van der Waals surface area contributed by atoms with Gasteiger partial charge >= 0.3 is 12.3 Å². The molecule has 0 aliphatic heterocycles. The number of carbonyl (C=O) groups is 2. The molecule has 8 heteroatoms. The quantitative estimate of drug-likeness (QED) is 0.901. The maximum Gasteiger partial charge on any atom is 0.573 e. The lowest BCUT2D eigenvalue weighted by atomic mass is 9.73. The number of aliphatic carboxylic acids is 1. The summed E-state index contributed by atoms with van der Waals surface area (Å²) in [6.45, 7) is 0.188. The van der Waals surface area contributed by atoms with E-state index in [1.807, 2.05) is 0 Å². The standard InChI is InChI=1S/C15H16F3NO4/c1-19(13(20)11-6-7-12(11)14(21)22)8-9-2-4-10(5-3-9)23-15(16,17)18/h2-5,11-12H,6-8H2,1H3,(H,21,22). The number of alkyl halides is 3. The van der Waals surface area contributed by atoms with Gasteiger partial charge in [-0.2, -0.15) is 0 Å². The maximum absolute atomic E-state index is 12.2. The monoisotopic (exact) mass is 331 g/mol. The third-order valence-electron chi connectivity index (χ3n) is 3.86. The van der Waals surface area contributed by atoms with Gasteiger partial charge < -0.3 is 14.7 Å². The lowest BCUT2D eigenvalue weighted by Crippen LogP contribution is -2.44. The molecular formula is C15H16F3NO4. The van der Waals surface area contributed by atoms with Crippen molar-refractivity contribution in [3.05, 3.63) is 29.8 Å². The topological polar surface area (TPSA) is 66.8 Å². The fraction of sp³-hybridized carbons (Fsp3) is 0.467. The van der Waals surface area contributed by atoms with Crippen molar-refractivity contribution in [1.82, 2.24) is 4.90 Å². The van der Waals surface area contributed by atoms with Gasteiger partial charge in [0.1, 0.15) is 5.75 Å². The molecule has 126 valence electrons. The third-order valence-corrected chi connectivity index (χ3v) is 3.86. The predicted molar refractivity (Wildman–Crippen MR) is 73.4 cm³/mol. The van der Waals surface area contributed by atoms with Crippen molar-refractivity contribution in [2.24, 2.45) is 11.8 Å². The second-order valence-corrected chi connectivity index (χ2v) is 5.51. The Morgan fingerprint density at radius 1 is 1.22 bits per heavy atom. The smallest absolute Gasteiger partial charge is 0.481 e. The van der Waals surface area contributed by atoms with E-state index in [-0.39, 0.29) is 18.2 Å². The van der Waals surface area contributed by atoms with E-state index < -0.39 is 24.2 Å². The van der Waals surface area contributed by atoms with E-state index in [2.05, 4.69) is 4.74 Å². The molecule has 1 amide bonds. The minimum atomic E-state index is -4.75. The first kappa shape index (κ1) is 17.1. The molecule has 0 radical (unpaired) electrons. The van der Waals surface area contributed by atoms with E-state index >= 15 is 0 Å². The van der Waals surface area contributed by atoms with E-state index in [0.29, 0.717) is 18.4 Å². The molecule has 1 saturated carbocycles. The van der Waals surface area contributed by atoms with Crippen molar-refractivity contribution < 1.29 is 32.6 Å². The molecule has 1 aromatic carbocycles. The van der Waals surface area contributed by atoms with Crippen LogP contribution in [0.2, 0.25) is 0 Å². The molecule has 1 aliphatic rings. The molecule has 5 nitrogen and oxygen atoms in total. The molecule has 0 heterocycles. The number of rotatable bonds is 5. The second kappa shape index (κ2) is 6.47. The first-order valence-electron chi connectivity index (χ1n) is 7.00.